The van der Waals surface area contributed by atoms with Gasteiger partial charge in [-0.05, 0) is 6.42 Å². The Morgan fingerprint density at radius 2 is 2.33 bits per heavy atom. The third-order valence-corrected chi connectivity index (χ3v) is 1.30. The minimum atomic E-state index is -0.847. The molecule has 0 saturated carbocycles. The van der Waals surface area contributed by atoms with Gasteiger partial charge in [0.15, 0.2) is 6.04 Å². The first-order chi connectivity index (χ1) is 4.18. The molecule has 0 fully saturated rings. The van der Waals surface area contributed by atoms with Crippen LogP contribution in [0.5, 0.6) is 0 Å². The quantitative estimate of drug-likeness (QED) is 0.544. The van der Waals surface area contributed by atoms with E-state index in [1.165, 1.54) is 0 Å². The van der Waals surface area contributed by atoms with E-state index in [0.717, 1.165) is 6.42 Å². The number of quaternary nitrogens is 1. The standard InChI is InChI=1S/C5H10ClNO2/c6-3-1-2-4(7)5(8)9/h4H,1-3,7H2,(H,8,9)/p+1. The van der Waals surface area contributed by atoms with Gasteiger partial charge in [-0.15, -0.1) is 11.6 Å². The van der Waals surface area contributed by atoms with Crippen LogP contribution in [0.3, 0.4) is 0 Å². The number of alkyl halides is 1. The summed E-state index contributed by atoms with van der Waals surface area (Å²) in [4.78, 5) is 10.1. The van der Waals surface area contributed by atoms with Gasteiger partial charge in [0.05, 0.1) is 0 Å². The summed E-state index contributed by atoms with van der Waals surface area (Å²) < 4.78 is 0. The summed E-state index contributed by atoms with van der Waals surface area (Å²) in [5, 5.41) is 8.30. The van der Waals surface area contributed by atoms with Crippen molar-refractivity contribution in [2.75, 3.05) is 5.88 Å². The van der Waals surface area contributed by atoms with Gasteiger partial charge in [0, 0.05) is 12.3 Å². The van der Waals surface area contributed by atoms with Crippen LogP contribution in [0.2, 0.25) is 0 Å². The highest BCUT2D eigenvalue weighted by atomic mass is 35.5. The van der Waals surface area contributed by atoms with Crippen molar-refractivity contribution in [1.82, 2.24) is 0 Å². The molecule has 0 aliphatic rings. The Morgan fingerprint density at radius 3 is 2.67 bits per heavy atom. The molecule has 0 bridgehead atoms. The Labute approximate surface area is 58.8 Å². The summed E-state index contributed by atoms with van der Waals surface area (Å²) in [6.45, 7) is 0. The zero-order chi connectivity index (χ0) is 7.28. The molecular formula is C5H11ClNO2+. The summed E-state index contributed by atoms with van der Waals surface area (Å²) in [6.07, 6.45) is 1.29. The molecule has 4 N–H and O–H groups in total. The van der Waals surface area contributed by atoms with E-state index in [0.29, 0.717) is 12.3 Å². The van der Waals surface area contributed by atoms with Crippen LogP contribution in [0.15, 0.2) is 0 Å². The number of rotatable bonds is 4. The van der Waals surface area contributed by atoms with E-state index in [4.69, 9.17) is 16.7 Å². The van der Waals surface area contributed by atoms with Crippen LogP contribution >= 0.6 is 11.6 Å². The molecule has 9 heavy (non-hydrogen) atoms. The minimum Gasteiger partial charge on any atom is -0.477 e. The Kier molecular flexibility index (Phi) is 4.44. The maximum Gasteiger partial charge on any atom is 0.362 e. The highest BCUT2D eigenvalue weighted by Crippen LogP contribution is 1.94. The lowest BCUT2D eigenvalue weighted by atomic mass is 10.2. The molecule has 0 aliphatic heterocycles. The molecule has 3 nitrogen and oxygen atoms in total. The first-order valence-corrected chi connectivity index (χ1v) is 3.33. The van der Waals surface area contributed by atoms with E-state index in [1.54, 1.807) is 0 Å². The maximum absolute atomic E-state index is 10.1. The number of hydrogen-bond acceptors (Lipinski definition) is 1. The Balaban J connectivity index is 3.27. The lowest BCUT2D eigenvalue weighted by molar-refractivity contribution is -0.408. The number of aliphatic carboxylic acids is 1. The summed E-state index contributed by atoms with van der Waals surface area (Å²) in [6, 6.07) is -0.497. The van der Waals surface area contributed by atoms with Crippen LogP contribution < -0.4 is 5.73 Å². The third kappa shape index (κ3) is 4.24. The van der Waals surface area contributed by atoms with Crippen molar-refractivity contribution in [3.63, 3.8) is 0 Å². The van der Waals surface area contributed by atoms with Crippen LogP contribution in [-0.2, 0) is 4.79 Å². The highest BCUT2D eigenvalue weighted by Gasteiger charge is 2.13. The summed E-state index contributed by atoms with van der Waals surface area (Å²) in [5.74, 6) is -0.334. The largest absolute Gasteiger partial charge is 0.477 e. The first-order valence-electron chi connectivity index (χ1n) is 2.80. The zero-order valence-corrected chi connectivity index (χ0v) is 5.90. The summed E-state index contributed by atoms with van der Waals surface area (Å²) >= 11 is 5.33. The van der Waals surface area contributed by atoms with Crippen molar-refractivity contribution in [3.8, 4) is 0 Å². The summed E-state index contributed by atoms with van der Waals surface area (Å²) in [5.41, 5.74) is 3.42. The average molecular weight is 153 g/mol. The second-order valence-electron chi connectivity index (χ2n) is 1.87. The fourth-order valence-corrected chi connectivity index (χ4v) is 0.601. The van der Waals surface area contributed by atoms with Crippen molar-refractivity contribution in [1.29, 1.82) is 0 Å². The van der Waals surface area contributed by atoms with Gasteiger partial charge in [-0.3, -0.25) is 0 Å². The lowest BCUT2D eigenvalue weighted by Gasteiger charge is -1.98. The number of carboxylic acids is 1. The molecule has 0 spiro atoms. The molecule has 0 aromatic carbocycles. The second kappa shape index (κ2) is 4.58. The van der Waals surface area contributed by atoms with Crippen LogP contribution in [0.25, 0.3) is 0 Å². The minimum absolute atomic E-state index is 0.497. The van der Waals surface area contributed by atoms with Gasteiger partial charge < -0.3 is 10.8 Å². The van der Waals surface area contributed by atoms with Gasteiger partial charge in [0.25, 0.3) is 0 Å². The predicted octanol–water partition coefficient (Wildman–Crippen LogP) is -0.300. The smallest absolute Gasteiger partial charge is 0.362 e. The van der Waals surface area contributed by atoms with Gasteiger partial charge >= 0.3 is 5.97 Å². The number of carbonyl (C=O) groups is 1. The number of hydrogen-bond donors (Lipinski definition) is 2. The van der Waals surface area contributed by atoms with E-state index >= 15 is 0 Å². The molecule has 0 aliphatic carbocycles. The molecule has 0 heterocycles. The van der Waals surface area contributed by atoms with Gasteiger partial charge in [-0.2, -0.15) is 0 Å². The molecule has 0 aromatic rings. The molecule has 0 aromatic heterocycles. The van der Waals surface area contributed by atoms with E-state index in [-0.39, 0.29) is 0 Å². The SMILES string of the molecule is [NH3+]C(CCCCl)C(=O)O. The van der Waals surface area contributed by atoms with Crippen molar-refractivity contribution in [2.24, 2.45) is 0 Å². The predicted molar refractivity (Wildman–Crippen MR) is 34.3 cm³/mol. The average Bonchev–Trinajstić information content (AvgIpc) is 1.82. The Hall–Kier alpha value is -0.280. The first kappa shape index (κ1) is 8.72. The third-order valence-electron chi connectivity index (χ3n) is 1.04. The number of halogens is 1. The van der Waals surface area contributed by atoms with Gasteiger partial charge in [-0.1, -0.05) is 0 Å². The normalized spacial score (nSPS) is 13.1. The topological polar surface area (TPSA) is 64.9 Å². The fourth-order valence-electron chi connectivity index (χ4n) is 0.447. The lowest BCUT2D eigenvalue weighted by Crippen LogP contribution is -2.64. The van der Waals surface area contributed by atoms with E-state index in [9.17, 15) is 4.79 Å². The molecule has 1 atom stereocenters. The van der Waals surface area contributed by atoms with E-state index in [1.807, 2.05) is 0 Å². The molecule has 0 rings (SSSR count). The van der Waals surface area contributed by atoms with Gasteiger partial charge in [0.1, 0.15) is 0 Å². The van der Waals surface area contributed by atoms with E-state index < -0.39 is 12.0 Å². The van der Waals surface area contributed by atoms with Crippen molar-refractivity contribution >= 4 is 17.6 Å². The molecule has 0 amide bonds. The molecule has 0 saturated heterocycles. The van der Waals surface area contributed by atoms with Crippen LogP contribution in [0.4, 0.5) is 0 Å². The van der Waals surface area contributed by atoms with Crippen LogP contribution in [0, 0.1) is 0 Å². The molecule has 4 heteroatoms. The molecule has 0 radical (unpaired) electrons. The second-order valence-corrected chi connectivity index (χ2v) is 2.24. The molecule has 1 unspecified atom stereocenters. The highest BCUT2D eigenvalue weighted by molar-refractivity contribution is 6.17. The van der Waals surface area contributed by atoms with E-state index in [2.05, 4.69) is 5.73 Å². The van der Waals surface area contributed by atoms with Crippen molar-refractivity contribution in [3.05, 3.63) is 0 Å². The Morgan fingerprint density at radius 1 is 1.78 bits per heavy atom. The van der Waals surface area contributed by atoms with Crippen molar-refractivity contribution < 1.29 is 15.6 Å². The van der Waals surface area contributed by atoms with Gasteiger partial charge in [0.2, 0.25) is 0 Å². The van der Waals surface area contributed by atoms with Crippen molar-refractivity contribution in [2.45, 2.75) is 18.9 Å². The number of carboxylic acid groups (broad SMARTS) is 1. The molecule has 54 valence electrons. The zero-order valence-electron chi connectivity index (χ0n) is 5.14. The summed E-state index contributed by atoms with van der Waals surface area (Å²) in [7, 11) is 0. The Bertz CT molecular complexity index is 97.0. The maximum atomic E-state index is 10.1. The van der Waals surface area contributed by atoms with Crippen LogP contribution in [-0.4, -0.2) is 23.0 Å². The monoisotopic (exact) mass is 152 g/mol. The fraction of sp³-hybridized carbons (Fsp3) is 0.800. The van der Waals surface area contributed by atoms with Crippen LogP contribution in [0.1, 0.15) is 12.8 Å². The van der Waals surface area contributed by atoms with Gasteiger partial charge in [-0.25, -0.2) is 4.79 Å². The molecular weight excluding hydrogens is 142 g/mol.